The molecule has 0 aromatic carbocycles. The van der Waals surface area contributed by atoms with Gasteiger partial charge >= 0.3 is 0 Å². The molecule has 1 fully saturated rings. The average molecular weight is 378 g/mol. The summed E-state index contributed by atoms with van der Waals surface area (Å²) in [5.41, 5.74) is 1.11. The van der Waals surface area contributed by atoms with E-state index in [0.29, 0.717) is 22.9 Å². The number of nitrogens with zero attached hydrogens (tertiary/aromatic N) is 2. The minimum absolute atomic E-state index is 0.147. The van der Waals surface area contributed by atoms with E-state index in [-0.39, 0.29) is 5.91 Å². The summed E-state index contributed by atoms with van der Waals surface area (Å²) < 4.78 is 5.83. The summed E-state index contributed by atoms with van der Waals surface area (Å²) in [6, 6.07) is 9.43. The van der Waals surface area contributed by atoms with E-state index in [1.807, 2.05) is 18.3 Å². The Morgan fingerprint density at radius 3 is 2.78 bits per heavy atom. The molecule has 5 nitrogen and oxygen atoms in total. The smallest absolute Gasteiger partial charge is 0.287 e. The van der Waals surface area contributed by atoms with Crippen LogP contribution in [0.5, 0.6) is 0 Å². The molecular weight excluding hydrogens is 358 g/mol. The van der Waals surface area contributed by atoms with E-state index in [4.69, 9.17) is 4.42 Å². The van der Waals surface area contributed by atoms with Crippen LogP contribution >= 0.6 is 15.9 Å². The Hall–Kier alpha value is -1.66. The van der Waals surface area contributed by atoms with Crippen molar-refractivity contribution in [1.29, 1.82) is 0 Å². The van der Waals surface area contributed by atoms with Gasteiger partial charge in [0.1, 0.15) is 0 Å². The van der Waals surface area contributed by atoms with E-state index in [2.05, 4.69) is 37.2 Å². The lowest BCUT2D eigenvalue weighted by atomic mass is 9.96. The fraction of sp³-hybridized carbons (Fsp3) is 0.412. The fourth-order valence-electron chi connectivity index (χ4n) is 2.83. The van der Waals surface area contributed by atoms with Crippen molar-refractivity contribution in [3.8, 4) is 0 Å². The quantitative estimate of drug-likeness (QED) is 0.869. The highest BCUT2D eigenvalue weighted by Crippen LogP contribution is 2.18. The van der Waals surface area contributed by atoms with Gasteiger partial charge in [0.25, 0.3) is 5.91 Å². The third-order valence-electron chi connectivity index (χ3n) is 4.17. The van der Waals surface area contributed by atoms with E-state index >= 15 is 0 Å². The third kappa shape index (κ3) is 4.65. The van der Waals surface area contributed by atoms with Gasteiger partial charge in [-0.15, -0.1) is 0 Å². The van der Waals surface area contributed by atoms with Crippen LogP contribution in [-0.2, 0) is 6.54 Å². The maximum Gasteiger partial charge on any atom is 0.287 e. The highest BCUT2D eigenvalue weighted by Gasteiger charge is 2.20. The molecule has 122 valence electrons. The number of rotatable bonds is 5. The van der Waals surface area contributed by atoms with E-state index in [0.717, 1.165) is 38.2 Å². The lowest BCUT2D eigenvalue weighted by molar-refractivity contribution is 0.0906. The van der Waals surface area contributed by atoms with Crippen LogP contribution in [0.4, 0.5) is 0 Å². The summed E-state index contributed by atoms with van der Waals surface area (Å²) in [5.74, 6) is 0.730. The lowest BCUT2D eigenvalue weighted by Crippen LogP contribution is -2.38. The molecule has 0 atom stereocenters. The summed E-state index contributed by atoms with van der Waals surface area (Å²) in [5, 5.41) is 2.96. The number of likely N-dealkylation sites (tertiary alicyclic amines) is 1. The predicted octanol–water partition coefficient (Wildman–Crippen LogP) is 3.08. The third-order valence-corrected chi connectivity index (χ3v) is 4.59. The van der Waals surface area contributed by atoms with Gasteiger partial charge in [0.2, 0.25) is 0 Å². The number of nitrogens with one attached hydrogen (secondary N) is 1. The van der Waals surface area contributed by atoms with Crippen LogP contribution in [0, 0.1) is 5.92 Å². The van der Waals surface area contributed by atoms with Crippen LogP contribution in [0.25, 0.3) is 0 Å². The highest BCUT2D eigenvalue weighted by molar-refractivity contribution is 9.10. The van der Waals surface area contributed by atoms with Gasteiger partial charge in [-0.1, -0.05) is 6.07 Å². The standard InChI is InChI=1S/C17H20BrN3O2/c18-16-5-4-15(23-16)17(22)20-11-13-6-9-21(10-7-13)12-14-3-1-2-8-19-14/h1-5,8,13H,6-7,9-12H2,(H,20,22). The SMILES string of the molecule is O=C(NCC1CCN(Cc2ccccn2)CC1)c1ccc(Br)o1. The van der Waals surface area contributed by atoms with Crippen molar-refractivity contribution in [2.75, 3.05) is 19.6 Å². The van der Waals surface area contributed by atoms with Crippen molar-refractivity contribution >= 4 is 21.8 Å². The van der Waals surface area contributed by atoms with Crippen molar-refractivity contribution in [3.05, 3.63) is 52.7 Å². The van der Waals surface area contributed by atoms with Gasteiger partial charge in [0.05, 0.1) is 5.69 Å². The Balaban J connectivity index is 1.40. The molecule has 0 aliphatic carbocycles. The van der Waals surface area contributed by atoms with E-state index in [1.54, 1.807) is 12.1 Å². The number of piperidine rings is 1. The number of carbonyl (C=O) groups is 1. The topological polar surface area (TPSA) is 58.4 Å². The molecule has 2 aromatic heterocycles. The number of hydrogen-bond acceptors (Lipinski definition) is 4. The van der Waals surface area contributed by atoms with Crippen LogP contribution in [0.1, 0.15) is 29.1 Å². The first-order valence-corrected chi connectivity index (χ1v) is 8.66. The van der Waals surface area contributed by atoms with Crippen molar-refractivity contribution < 1.29 is 9.21 Å². The molecule has 1 N–H and O–H groups in total. The molecule has 1 aliphatic heterocycles. The van der Waals surface area contributed by atoms with E-state index in [9.17, 15) is 4.79 Å². The molecule has 23 heavy (non-hydrogen) atoms. The van der Waals surface area contributed by atoms with Gasteiger partial charge in [-0.2, -0.15) is 0 Å². The Labute approximate surface area is 144 Å². The number of amides is 1. The first-order chi connectivity index (χ1) is 11.2. The Kier molecular flexibility index (Phi) is 5.46. The molecule has 0 radical (unpaired) electrons. The monoisotopic (exact) mass is 377 g/mol. The second-order valence-electron chi connectivity index (χ2n) is 5.85. The largest absolute Gasteiger partial charge is 0.444 e. The summed E-state index contributed by atoms with van der Waals surface area (Å²) in [7, 11) is 0. The van der Waals surface area contributed by atoms with Crippen molar-refractivity contribution in [1.82, 2.24) is 15.2 Å². The molecule has 3 heterocycles. The second-order valence-corrected chi connectivity index (χ2v) is 6.64. The van der Waals surface area contributed by atoms with Gasteiger partial charge < -0.3 is 9.73 Å². The van der Waals surface area contributed by atoms with Crippen LogP contribution in [0.15, 0.2) is 45.6 Å². The van der Waals surface area contributed by atoms with Crippen molar-refractivity contribution in [2.45, 2.75) is 19.4 Å². The normalized spacial score (nSPS) is 16.4. The van der Waals surface area contributed by atoms with Crippen LogP contribution < -0.4 is 5.32 Å². The van der Waals surface area contributed by atoms with Crippen LogP contribution in [0.2, 0.25) is 0 Å². The van der Waals surface area contributed by atoms with Crippen LogP contribution in [-0.4, -0.2) is 35.4 Å². The van der Waals surface area contributed by atoms with Crippen molar-refractivity contribution in [3.63, 3.8) is 0 Å². The Morgan fingerprint density at radius 1 is 1.30 bits per heavy atom. The summed E-state index contributed by atoms with van der Waals surface area (Å²) in [6.07, 6.45) is 4.02. The molecule has 1 saturated heterocycles. The Bertz CT molecular complexity index is 636. The number of hydrogen-bond donors (Lipinski definition) is 1. The predicted molar refractivity (Wildman–Crippen MR) is 91.0 cm³/mol. The van der Waals surface area contributed by atoms with Crippen LogP contribution in [0.3, 0.4) is 0 Å². The van der Waals surface area contributed by atoms with Gasteiger partial charge in [0.15, 0.2) is 10.4 Å². The van der Waals surface area contributed by atoms with Crippen molar-refractivity contribution in [2.24, 2.45) is 5.92 Å². The molecule has 0 bridgehead atoms. The number of pyridine rings is 1. The number of halogens is 1. The first kappa shape index (κ1) is 16.2. The maximum atomic E-state index is 12.0. The zero-order valence-electron chi connectivity index (χ0n) is 12.9. The molecule has 6 heteroatoms. The minimum Gasteiger partial charge on any atom is -0.444 e. The molecule has 0 unspecified atom stereocenters. The first-order valence-electron chi connectivity index (χ1n) is 7.86. The van der Waals surface area contributed by atoms with Gasteiger partial charge in [-0.3, -0.25) is 14.7 Å². The average Bonchev–Trinajstić information content (AvgIpc) is 3.01. The number of furan rings is 1. The number of carbonyl (C=O) groups excluding carboxylic acids is 1. The molecule has 0 saturated carbocycles. The summed E-state index contributed by atoms with van der Waals surface area (Å²) in [4.78, 5) is 18.8. The number of aromatic nitrogens is 1. The minimum atomic E-state index is -0.147. The van der Waals surface area contributed by atoms with E-state index in [1.165, 1.54) is 0 Å². The Morgan fingerprint density at radius 2 is 2.13 bits per heavy atom. The molecule has 3 rings (SSSR count). The van der Waals surface area contributed by atoms with Gasteiger partial charge in [-0.25, -0.2) is 0 Å². The molecule has 1 aliphatic rings. The molecule has 1 amide bonds. The zero-order valence-corrected chi connectivity index (χ0v) is 14.5. The van der Waals surface area contributed by atoms with Gasteiger partial charge in [0, 0.05) is 19.3 Å². The summed E-state index contributed by atoms with van der Waals surface area (Å²) in [6.45, 7) is 3.70. The molecule has 2 aromatic rings. The molecule has 0 spiro atoms. The molecular formula is C17H20BrN3O2. The summed E-state index contributed by atoms with van der Waals surface area (Å²) >= 11 is 3.20. The zero-order chi connectivity index (χ0) is 16.1. The second kappa shape index (κ2) is 7.75. The maximum absolute atomic E-state index is 12.0. The lowest BCUT2D eigenvalue weighted by Gasteiger charge is -2.31. The van der Waals surface area contributed by atoms with Gasteiger partial charge in [-0.05, 0) is 72.0 Å². The fourth-order valence-corrected chi connectivity index (χ4v) is 3.14. The highest BCUT2D eigenvalue weighted by atomic mass is 79.9. The van der Waals surface area contributed by atoms with E-state index < -0.39 is 0 Å².